The van der Waals surface area contributed by atoms with Gasteiger partial charge in [0.1, 0.15) is 23.7 Å². The summed E-state index contributed by atoms with van der Waals surface area (Å²) in [5.41, 5.74) is 6.12. The Hall–Kier alpha value is -6.82. The van der Waals surface area contributed by atoms with Crippen molar-refractivity contribution in [2.45, 2.75) is 84.5 Å². The zero-order chi connectivity index (χ0) is 42.5. The quantitative estimate of drug-likeness (QED) is 0.121. The van der Waals surface area contributed by atoms with Gasteiger partial charge in [0.25, 0.3) is 11.1 Å². The number of carbonyl (C=O) groups excluding carboxylic acids is 2. The molecule has 0 saturated heterocycles. The number of aromatic amines is 2. The zero-order valence-corrected chi connectivity index (χ0v) is 35.0. The third-order valence-corrected chi connectivity index (χ3v) is 12.4. The summed E-state index contributed by atoms with van der Waals surface area (Å²) in [5.74, 6) is 1.57. The summed E-state index contributed by atoms with van der Waals surface area (Å²) >= 11 is 0. The molecule has 4 N–H and O–H groups in total. The lowest BCUT2D eigenvalue weighted by Crippen LogP contribution is -2.50. The van der Waals surface area contributed by atoms with Crippen molar-refractivity contribution in [1.82, 2.24) is 39.7 Å². The van der Waals surface area contributed by atoms with Crippen LogP contribution in [0.3, 0.4) is 0 Å². The lowest BCUT2D eigenvalue weighted by Gasteiger charge is -2.35. The second-order valence-electron chi connectivity index (χ2n) is 17.0. The molecule has 310 valence electrons. The first kappa shape index (κ1) is 39.6. The first-order valence-electron chi connectivity index (χ1n) is 21.2. The van der Waals surface area contributed by atoms with E-state index in [-0.39, 0.29) is 40.9 Å². The van der Waals surface area contributed by atoms with Crippen molar-refractivity contribution in [2.24, 2.45) is 11.8 Å². The molecule has 5 atom stereocenters. The van der Waals surface area contributed by atoms with Crippen molar-refractivity contribution in [3.8, 4) is 0 Å². The van der Waals surface area contributed by atoms with E-state index in [1.807, 2.05) is 104 Å². The van der Waals surface area contributed by atoms with Gasteiger partial charge in [-0.1, -0.05) is 94.3 Å². The number of hydrogen-bond acceptors (Lipinski definition) is 6. The Balaban J connectivity index is 0.000000156. The molecule has 4 aromatic carbocycles. The predicted octanol–water partition coefficient (Wildman–Crippen LogP) is 8.07. The number of fused-ring (bicyclic) bond motifs is 6. The van der Waals surface area contributed by atoms with Crippen LogP contribution in [0.15, 0.2) is 113 Å². The van der Waals surface area contributed by atoms with E-state index in [1.165, 1.54) is 0 Å². The fourth-order valence-electron chi connectivity index (χ4n) is 9.10. The van der Waals surface area contributed by atoms with Crippen LogP contribution in [0, 0.1) is 18.8 Å². The molecule has 0 aliphatic carbocycles. The van der Waals surface area contributed by atoms with E-state index in [1.54, 1.807) is 15.2 Å². The lowest BCUT2D eigenvalue weighted by atomic mass is 9.93. The Kier molecular flexibility index (Phi) is 10.4. The second kappa shape index (κ2) is 16.0. The summed E-state index contributed by atoms with van der Waals surface area (Å²) in [6.07, 6.45) is 6.32. The highest BCUT2D eigenvalue weighted by molar-refractivity contribution is 5.88. The van der Waals surface area contributed by atoms with E-state index >= 15 is 0 Å². The molecule has 8 aromatic rings. The summed E-state index contributed by atoms with van der Waals surface area (Å²) in [6, 6.07) is 27.3. The van der Waals surface area contributed by atoms with Crippen molar-refractivity contribution < 1.29 is 9.59 Å². The van der Waals surface area contributed by atoms with Gasteiger partial charge in [-0.15, -0.1) is 0 Å². The Morgan fingerprint density at radius 2 is 1.15 bits per heavy atom. The maximum absolute atomic E-state index is 13.6. The molecule has 12 heteroatoms. The van der Waals surface area contributed by atoms with Crippen LogP contribution in [0.5, 0.6) is 0 Å². The highest BCUT2D eigenvalue weighted by Crippen LogP contribution is 2.34. The topological polar surface area (TPSA) is 160 Å². The van der Waals surface area contributed by atoms with Crippen molar-refractivity contribution in [2.75, 3.05) is 0 Å². The molecule has 10 rings (SSSR count). The summed E-state index contributed by atoms with van der Waals surface area (Å²) in [5, 5.41) is 9.54. The molecule has 12 nitrogen and oxygen atoms in total. The molecule has 2 aliphatic rings. The molecule has 0 fully saturated rings. The monoisotopic (exact) mass is 814 g/mol. The van der Waals surface area contributed by atoms with Gasteiger partial charge in [0.15, 0.2) is 0 Å². The van der Waals surface area contributed by atoms with Crippen LogP contribution in [-0.4, -0.2) is 40.9 Å². The van der Waals surface area contributed by atoms with Gasteiger partial charge in [-0.05, 0) is 72.7 Å². The number of H-pyrrole nitrogens is 2. The minimum atomic E-state index is -0.637. The first-order valence-corrected chi connectivity index (χ1v) is 21.2. The van der Waals surface area contributed by atoms with Gasteiger partial charge < -0.3 is 20.6 Å². The zero-order valence-electron chi connectivity index (χ0n) is 35.0. The SMILES string of the molecule is CCC(C)[C@@H]1NC(=O)[C@@H](Cc2c[nH]c3ccccc23)n2c1nc1ccccc1c2=O.Cc1ccc2nc3n(c(=O)c2c1)[C@H](Cc1c[nH]c2ccccc12)C(=O)N[C@H]3CC(C)C. The van der Waals surface area contributed by atoms with Gasteiger partial charge in [-0.2, -0.15) is 0 Å². The van der Waals surface area contributed by atoms with Crippen molar-refractivity contribution in [1.29, 1.82) is 0 Å². The number of amides is 2. The molecule has 0 radical (unpaired) electrons. The van der Waals surface area contributed by atoms with Crippen molar-refractivity contribution in [3.05, 3.63) is 152 Å². The average Bonchev–Trinajstić information content (AvgIpc) is 3.87. The average molecular weight is 815 g/mol. The van der Waals surface area contributed by atoms with E-state index < -0.39 is 12.1 Å². The van der Waals surface area contributed by atoms with Gasteiger partial charge in [-0.25, -0.2) is 9.97 Å². The van der Waals surface area contributed by atoms with Gasteiger partial charge >= 0.3 is 0 Å². The van der Waals surface area contributed by atoms with Crippen LogP contribution in [0.4, 0.5) is 0 Å². The molecule has 61 heavy (non-hydrogen) atoms. The van der Waals surface area contributed by atoms with Crippen molar-refractivity contribution in [3.63, 3.8) is 0 Å². The molecule has 0 bridgehead atoms. The maximum atomic E-state index is 13.6. The molecule has 0 spiro atoms. The van der Waals surface area contributed by atoms with Crippen LogP contribution < -0.4 is 21.8 Å². The number of nitrogens with zero attached hydrogens (tertiary/aromatic N) is 4. The smallest absolute Gasteiger partial charge is 0.262 e. The van der Waals surface area contributed by atoms with Gasteiger partial charge in [0.2, 0.25) is 11.8 Å². The number of aromatic nitrogens is 6. The molecule has 2 amide bonds. The Morgan fingerprint density at radius 3 is 1.77 bits per heavy atom. The molecule has 1 unspecified atom stereocenters. The minimum absolute atomic E-state index is 0.126. The number of benzene rings is 4. The molecule has 6 heterocycles. The van der Waals surface area contributed by atoms with E-state index in [0.29, 0.717) is 52.2 Å². The van der Waals surface area contributed by atoms with E-state index in [0.717, 1.165) is 51.3 Å². The van der Waals surface area contributed by atoms with E-state index in [2.05, 4.69) is 48.3 Å². The number of hydrogen-bond donors (Lipinski definition) is 4. The number of aryl methyl sites for hydroxylation is 1. The highest BCUT2D eigenvalue weighted by atomic mass is 16.2. The van der Waals surface area contributed by atoms with Crippen LogP contribution in [-0.2, 0) is 22.4 Å². The predicted molar refractivity (Wildman–Crippen MR) is 239 cm³/mol. The van der Waals surface area contributed by atoms with E-state index in [4.69, 9.17) is 9.97 Å². The highest BCUT2D eigenvalue weighted by Gasteiger charge is 2.39. The normalized spacial score (nSPS) is 19.0. The van der Waals surface area contributed by atoms with E-state index in [9.17, 15) is 19.2 Å². The summed E-state index contributed by atoms with van der Waals surface area (Å²) in [7, 11) is 0. The Morgan fingerprint density at radius 1 is 0.623 bits per heavy atom. The van der Waals surface area contributed by atoms with Crippen LogP contribution in [0.2, 0.25) is 0 Å². The number of para-hydroxylation sites is 3. The molecule has 2 aliphatic heterocycles. The number of carbonyl (C=O) groups is 2. The molecule has 4 aromatic heterocycles. The van der Waals surface area contributed by atoms with Gasteiger partial charge in [0, 0.05) is 47.0 Å². The first-order chi connectivity index (χ1) is 29.5. The summed E-state index contributed by atoms with van der Waals surface area (Å²) in [6.45, 7) is 10.3. The summed E-state index contributed by atoms with van der Waals surface area (Å²) < 4.78 is 3.29. The minimum Gasteiger partial charge on any atom is -0.361 e. The standard InChI is InChI=1S/C25H26N4O2.C24H24N4O2/c1-14(2)10-21-23-27-20-9-8-15(3)11-18(20)25(31)29(23)22(24(30)28-21)12-16-13-26-19-7-5-4-6-17(16)19;1-3-14(2)21-22-26-19-11-7-5-9-17(19)24(30)28(22)20(23(29)27-21)12-15-13-25-18-10-6-4-8-16(15)18/h4-9,11,13-14,21-22,26H,10,12H2,1-3H3,(H,28,30);4-11,13-14,20-21,25H,3,12H2,1-2H3,(H,27,29)/t21-,22+;14?,20-,21+/m01/s1. The number of nitrogens with one attached hydrogen (secondary N) is 4. The second-order valence-corrected chi connectivity index (χ2v) is 17.0. The van der Waals surface area contributed by atoms with Crippen LogP contribution >= 0.6 is 0 Å². The Bertz CT molecular complexity index is 3100. The fourth-order valence-corrected chi connectivity index (χ4v) is 9.10. The lowest BCUT2D eigenvalue weighted by molar-refractivity contribution is -0.127. The van der Waals surface area contributed by atoms with Crippen molar-refractivity contribution >= 4 is 55.4 Å². The molecule has 0 saturated carbocycles. The maximum Gasteiger partial charge on any atom is 0.262 e. The largest absolute Gasteiger partial charge is 0.361 e. The third kappa shape index (κ3) is 7.19. The third-order valence-electron chi connectivity index (χ3n) is 12.4. The molecular formula is C49H50N8O4. The Labute approximate surface area is 352 Å². The fraction of sp³-hybridized carbons (Fsp3) is 0.306. The number of rotatable bonds is 8. The molecular weight excluding hydrogens is 765 g/mol. The van der Waals surface area contributed by atoms with Gasteiger partial charge in [-0.3, -0.25) is 28.3 Å². The summed E-state index contributed by atoms with van der Waals surface area (Å²) in [4.78, 5) is 69.9. The van der Waals surface area contributed by atoms with Crippen LogP contribution in [0.25, 0.3) is 43.6 Å². The van der Waals surface area contributed by atoms with Gasteiger partial charge in [0.05, 0.1) is 33.9 Å². The van der Waals surface area contributed by atoms with Crippen LogP contribution in [0.1, 0.15) is 93.0 Å².